The fourth-order valence-corrected chi connectivity index (χ4v) is 2.90. The lowest BCUT2D eigenvalue weighted by Gasteiger charge is -2.18. The summed E-state index contributed by atoms with van der Waals surface area (Å²) >= 11 is 0. The summed E-state index contributed by atoms with van der Waals surface area (Å²) in [5.41, 5.74) is -0.0484. The molecule has 0 unspecified atom stereocenters. The van der Waals surface area contributed by atoms with Crippen molar-refractivity contribution in [2.75, 3.05) is 12.4 Å². The molecule has 31 heavy (non-hydrogen) atoms. The van der Waals surface area contributed by atoms with Crippen LogP contribution in [0.5, 0.6) is 0 Å². The number of carbonyl (C=O) groups is 4. The number of likely N-dealkylation sites (N-methyl/N-ethyl adjacent to an activating group) is 1. The van der Waals surface area contributed by atoms with Crippen LogP contribution in [0.2, 0.25) is 0 Å². The van der Waals surface area contributed by atoms with Gasteiger partial charge in [-0.05, 0) is 31.9 Å². The quantitative estimate of drug-likeness (QED) is 0.446. The Morgan fingerprint density at radius 1 is 1.23 bits per heavy atom. The minimum atomic E-state index is -1.03. The van der Waals surface area contributed by atoms with E-state index in [0.717, 1.165) is 0 Å². The minimum absolute atomic E-state index is 0.0792. The molecule has 0 aromatic carbocycles. The molecule has 166 valence electrons. The number of carbonyl (C=O) groups excluding carboxylic acids is 4. The van der Waals surface area contributed by atoms with Gasteiger partial charge in [0.05, 0.1) is 12.5 Å². The highest BCUT2D eigenvalue weighted by molar-refractivity contribution is 6.36. The second kappa shape index (κ2) is 10.9. The Morgan fingerprint density at radius 2 is 1.97 bits per heavy atom. The summed E-state index contributed by atoms with van der Waals surface area (Å²) in [4.78, 5) is 64.8. The van der Waals surface area contributed by atoms with Crippen molar-refractivity contribution in [2.24, 2.45) is 7.05 Å². The van der Waals surface area contributed by atoms with E-state index < -0.39 is 29.5 Å². The minimum Gasteiger partial charge on any atom is -0.353 e. The molecule has 2 rings (SSSR count). The number of nitrogens with one attached hydrogen (secondary N) is 3. The third-order valence-electron chi connectivity index (χ3n) is 4.67. The van der Waals surface area contributed by atoms with Crippen LogP contribution in [0.4, 0.5) is 5.69 Å². The molecule has 0 fully saturated rings. The average Bonchev–Trinajstić information content (AvgIpc) is 3.19. The number of imidazole rings is 1. The van der Waals surface area contributed by atoms with Crippen molar-refractivity contribution in [1.29, 1.82) is 0 Å². The zero-order valence-corrected chi connectivity index (χ0v) is 17.7. The molecule has 1 atom stereocenters. The van der Waals surface area contributed by atoms with Gasteiger partial charge in [-0.1, -0.05) is 0 Å². The van der Waals surface area contributed by atoms with Gasteiger partial charge in [-0.15, -0.1) is 0 Å². The number of hydrogen-bond donors (Lipinski definition) is 3. The first-order valence-corrected chi connectivity index (χ1v) is 9.80. The predicted molar refractivity (Wildman–Crippen MR) is 112 cm³/mol. The topological polar surface area (TPSA) is 144 Å². The first-order chi connectivity index (χ1) is 14.8. The maximum absolute atomic E-state index is 12.9. The van der Waals surface area contributed by atoms with Gasteiger partial charge in [0.2, 0.25) is 11.7 Å². The van der Waals surface area contributed by atoms with Crippen molar-refractivity contribution in [2.45, 2.75) is 38.8 Å². The van der Waals surface area contributed by atoms with E-state index in [-0.39, 0.29) is 36.2 Å². The number of rotatable bonds is 10. The molecule has 0 aliphatic carbocycles. The molecule has 0 aliphatic rings. The molecule has 0 bridgehead atoms. The highest BCUT2D eigenvalue weighted by Crippen LogP contribution is 2.08. The molecule has 3 N–H and O–H groups in total. The Bertz CT molecular complexity index is 1030. The number of aromatic nitrogens is 3. The molecule has 3 amide bonds. The number of amides is 3. The van der Waals surface area contributed by atoms with Gasteiger partial charge in [0.25, 0.3) is 17.4 Å². The SMILES string of the molecule is CCn1cccc(NC(=O)[C@H](CCCC(=O)C(=O)NC)NC(=O)c2cncn2C)c1=O. The monoisotopic (exact) mass is 430 g/mol. The van der Waals surface area contributed by atoms with Crippen LogP contribution in [0.25, 0.3) is 0 Å². The summed E-state index contributed by atoms with van der Waals surface area (Å²) < 4.78 is 2.93. The van der Waals surface area contributed by atoms with Gasteiger partial charge >= 0.3 is 0 Å². The van der Waals surface area contributed by atoms with Crippen LogP contribution in [0, 0.1) is 0 Å². The lowest BCUT2D eigenvalue weighted by atomic mass is 10.1. The molecule has 0 radical (unpaired) electrons. The summed E-state index contributed by atoms with van der Waals surface area (Å²) in [5.74, 6) is -2.47. The molecule has 11 nitrogen and oxygen atoms in total. The second-order valence-electron chi connectivity index (χ2n) is 6.81. The maximum Gasteiger partial charge on any atom is 0.287 e. The van der Waals surface area contributed by atoms with E-state index >= 15 is 0 Å². The van der Waals surface area contributed by atoms with E-state index in [1.165, 1.54) is 34.8 Å². The van der Waals surface area contributed by atoms with Crippen molar-refractivity contribution in [3.8, 4) is 0 Å². The number of pyridine rings is 1. The standard InChI is InChI=1S/C20H26N6O5/c1-4-26-10-6-8-14(20(26)31)24-17(28)13(7-5-9-16(27)19(30)21-2)23-18(29)15-11-22-12-25(15)3/h6,8,10-13H,4-5,7,9H2,1-3H3,(H,21,30)(H,23,29)(H,24,28)/t13-/m0/s1. The van der Waals surface area contributed by atoms with E-state index in [1.807, 2.05) is 0 Å². The van der Waals surface area contributed by atoms with Crippen molar-refractivity contribution >= 4 is 29.2 Å². The van der Waals surface area contributed by atoms with E-state index in [1.54, 1.807) is 26.2 Å². The van der Waals surface area contributed by atoms with Gasteiger partial charge in [0.1, 0.15) is 17.4 Å². The molecular formula is C20H26N6O5. The Balaban J connectivity index is 2.15. The van der Waals surface area contributed by atoms with Gasteiger partial charge in [-0.2, -0.15) is 0 Å². The van der Waals surface area contributed by atoms with Crippen molar-refractivity contribution < 1.29 is 19.2 Å². The molecule has 0 aliphatic heterocycles. The third-order valence-corrected chi connectivity index (χ3v) is 4.67. The van der Waals surface area contributed by atoms with Crippen LogP contribution < -0.4 is 21.5 Å². The number of nitrogens with zero attached hydrogens (tertiary/aromatic N) is 3. The molecule has 11 heteroatoms. The largest absolute Gasteiger partial charge is 0.353 e. The maximum atomic E-state index is 12.9. The van der Waals surface area contributed by atoms with Crippen molar-refractivity contribution in [1.82, 2.24) is 24.8 Å². The Morgan fingerprint density at radius 3 is 2.58 bits per heavy atom. The fraction of sp³-hybridized carbons (Fsp3) is 0.400. The van der Waals surface area contributed by atoms with Gasteiger partial charge in [0, 0.05) is 33.3 Å². The van der Waals surface area contributed by atoms with Crippen LogP contribution >= 0.6 is 0 Å². The summed E-state index contributed by atoms with van der Waals surface area (Å²) in [7, 11) is 2.99. The summed E-state index contributed by atoms with van der Waals surface area (Å²) in [6, 6.07) is 2.07. The van der Waals surface area contributed by atoms with E-state index in [0.29, 0.717) is 6.54 Å². The number of Topliss-reactive ketones (excluding diaryl/α,β-unsaturated/α-hetero) is 1. The van der Waals surface area contributed by atoms with Crippen molar-refractivity contribution in [3.05, 3.63) is 46.9 Å². The third kappa shape index (κ3) is 6.11. The first kappa shape index (κ1) is 23.5. The van der Waals surface area contributed by atoms with E-state index in [4.69, 9.17) is 0 Å². The van der Waals surface area contributed by atoms with Gasteiger partial charge < -0.3 is 25.1 Å². The Hall–Kier alpha value is -3.76. The lowest BCUT2D eigenvalue weighted by molar-refractivity contribution is -0.137. The zero-order chi connectivity index (χ0) is 23.0. The number of hydrogen-bond acceptors (Lipinski definition) is 6. The van der Waals surface area contributed by atoms with Gasteiger partial charge in [-0.25, -0.2) is 4.98 Å². The van der Waals surface area contributed by atoms with Crippen LogP contribution in [0.15, 0.2) is 35.6 Å². The van der Waals surface area contributed by atoms with Crippen LogP contribution in [-0.4, -0.2) is 50.7 Å². The highest BCUT2D eigenvalue weighted by Gasteiger charge is 2.24. The zero-order valence-electron chi connectivity index (χ0n) is 17.7. The number of ketones is 1. The number of anilines is 1. The average molecular weight is 430 g/mol. The predicted octanol–water partition coefficient (Wildman–Crippen LogP) is -0.176. The highest BCUT2D eigenvalue weighted by atomic mass is 16.2. The van der Waals surface area contributed by atoms with Gasteiger partial charge in [0.15, 0.2) is 0 Å². The van der Waals surface area contributed by atoms with Gasteiger partial charge in [-0.3, -0.25) is 24.0 Å². The smallest absolute Gasteiger partial charge is 0.287 e. The molecule has 0 spiro atoms. The molecule has 2 aromatic rings. The van der Waals surface area contributed by atoms with Crippen LogP contribution in [0.3, 0.4) is 0 Å². The summed E-state index contributed by atoms with van der Waals surface area (Å²) in [6.45, 7) is 2.23. The summed E-state index contributed by atoms with van der Waals surface area (Å²) in [5, 5.41) is 7.41. The second-order valence-corrected chi connectivity index (χ2v) is 6.81. The molecule has 2 heterocycles. The Kier molecular flexibility index (Phi) is 8.24. The molecule has 2 aromatic heterocycles. The fourth-order valence-electron chi connectivity index (χ4n) is 2.90. The molecule has 0 saturated carbocycles. The van der Waals surface area contributed by atoms with Crippen LogP contribution in [-0.2, 0) is 28.0 Å². The lowest BCUT2D eigenvalue weighted by Crippen LogP contribution is -2.45. The van der Waals surface area contributed by atoms with Crippen LogP contribution in [0.1, 0.15) is 36.7 Å². The summed E-state index contributed by atoms with van der Waals surface area (Å²) in [6.07, 6.45) is 4.60. The first-order valence-electron chi connectivity index (χ1n) is 9.80. The van der Waals surface area contributed by atoms with E-state index in [2.05, 4.69) is 20.9 Å². The normalized spacial score (nSPS) is 11.5. The Labute approximate surface area is 178 Å². The molecular weight excluding hydrogens is 404 g/mol. The molecule has 0 saturated heterocycles. The van der Waals surface area contributed by atoms with E-state index in [9.17, 15) is 24.0 Å². The number of aryl methyl sites for hydroxylation is 2. The van der Waals surface area contributed by atoms with Crippen molar-refractivity contribution in [3.63, 3.8) is 0 Å².